The average Bonchev–Trinajstić information content (AvgIpc) is 2.38. The van der Waals surface area contributed by atoms with Gasteiger partial charge in [0.25, 0.3) is 0 Å². The van der Waals surface area contributed by atoms with Gasteiger partial charge in [-0.15, -0.1) is 0 Å². The molecule has 0 aromatic heterocycles. The van der Waals surface area contributed by atoms with Crippen LogP contribution in [0, 0.1) is 0 Å². The molecule has 5 heteroatoms. The lowest BCUT2D eigenvalue weighted by Crippen LogP contribution is -2.55. The third-order valence-corrected chi connectivity index (χ3v) is 3.65. The topological polar surface area (TPSA) is 15.3 Å². The zero-order valence-corrected chi connectivity index (χ0v) is 11.2. The van der Waals surface area contributed by atoms with Gasteiger partial charge in [0.1, 0.15) is 0 Å². The third kappa shape index (κ3) is 3.21. The smallest absolute Gasteiger partial charge is 0.366 e. The molecule has 2 atom stereocenters. The van der Waals surface area contributed by atoms with Gasteiger partial charge in [-0.25, -0.2) is 0 Å². The van der Waals surface area contributed by atoms with E-state index in [-0.39, 0.29) is 6.04 Å². The summed E-state index contributed by atoms with van der Waals surface area (Å²) >= 11 is 0. The molecule has 1 aliphatic heterocycles. The second-order valence-electron chi connectivity index (χ2n) is 5.06. The maximum absolute atomic E-state index is 12.7. The van der Waals surface area contributed by atoms with Gasteiger partial charge in [0, 0.05) is 30.9 Å². The zero-order valence-electron chi connectivity index (χ0n) is 11.2. The second kappa shape index (κ2) is 5.41. The Labute approximate surface area is 111 Å². The molecule has 0 spiro atoms. The Hall–Kier alpha value is -1.23. The van der Waals surface area contributed by atoms with Crippen LogP contribution in [0.1, 0.15) is 25.8 Å². The van der Waals surface area contributed by atoms with E-state index in [9.17, 15) is 13.2 Å². The van der Waals surface area contributed by atoms with Crippen LogP contribution in [-0.2, 0) is 6.18 Å². The van der Waals surface area contributed by atoms with Crippen molar-refractivity contribution in [3.63, 3.8) is 0 Å². The van der Waals surface area contributed by atoms with Gasteiger partial charge in [-0.05, 0) is 31.5 Å². The fourth-order valence-corrected chi connectivity index (χ4v) is 2.42. The summed E-state index contributed by atoms with van der Waals surface area (Å²) in [6.45, 7) is 5.66. The summed E-state index contributed by atoms with van der Waals surface area (Å²) in [6.07, 6.45) is -3.31. The Balaban J connectivity index is 2.25. The van der Waals surface area contributed by atoms with Crippen LogP contribution < -0.4 is 10.2 Å². The number of benzene rings is 1. The minimum Gasteiger partial charge on any atom is -0.366 e. The van der Waals surface area contributed by atoms with Crippen LogP contribution in [0.3, 0.4) is 0 Å². The highest BCUT2D eigenvalue weighted by atomic mass is 19.4. The molecular weight excluding hydrogens is 253 g/mol. The predicted octanol–water partition coefficient (Wildman–Crippen LogP) is 3.28. The molecule has 2 rings (SSSR count). The molecular formula is C14H19F3N2. The van der Waals surface area contributed by atoms with Gasteiger partial charge in [0.2, 0.25) is 0 Å². The molecule has 0 bridgehead atoms. The van der Waals surface area contributed by atoms with E-state index in [4.69, 9.17) is 0 Å². The molecule has 1 aromatic carbocycles. The van der Waals surface area contributed by atoms with Crippen molar-refractivity contribution in [1.29, 1.82) is 0 Å². The Kier molecular flexibility index (Phi) is 4.04. The summed E-state index contributed by atoms with van der Waals surface area (Å²) in [4.78, 5) is 2.06. The van der Waals surface area contributed by atoms with Crippen LogP contribution in [0.4, 0.5) is 18.9 Å². The lowest BCUT2D eigenvalue weighted by atomic mass is 10.1. The van der Waals surface area contributed by atoms with E-state index in [0.717, 1.165) is 25.6 Å². The van der Waals surface area contributed by atoms with Crippen LogP contribution in [0.25, 0.3) is 0 Å². The molecule has 2 nitrogen and oxygen atoms in total. The summed E-state index contributed by atoms with van der Waals surface area (Å²) in [7, 11) is 0. The molecule has 0 radical (unpaired) electrons. The molecule has 0 aliphatic carbocycles. The van der Waals surface area contributed by atoms with Gasteiger partial charge >= 0.3 is 6.18 Å². The predicted molar refractivity (Wildman–Crippen MR) is 70.3 cm³/mol. The molecule has 1 N–H and O–H groups in total. The third-order valence-electron chi connectivity index (χ3n) is 3.65. The number of hydrogen-bond donors (Lipinski definition) is 1. The number of nitrogens with zero attached hydrogens (tertiary/aromatic N) is 1. The number of piperazine rings is 1. The van der Waals surface area contributed by atoms with E-state index in [2.05, 4.69) is 17.1 Å². The van der Waals surface area contributed by atoms with Gasteiger partial charge in [0.15, 0.2) is 0 Å². The summed E-state index contributed by atoms with van der Waals surface area (Å²) in [5.74, 6) is 0. The second-order valence-corrected chi connectivity index (χ2v) is 5.06. The highest BCUT2D eigenvalue weighted by Gasteiger charge is 2.32. The van der Waals surface area contributed by atoms with Crippen molar-refractivity contribution >= 4 is 5.69 Å². The van der Waals surface area contributed by atoms with E-state index in [1.165, 1.54) is 12.1 Å². The summed E-state index contributed by atoms with van der Waals surface area (Å²) in [6, 6.07) is 6.14. The first-order chi connectivity index (χ1) is 8.91. The van der Waals surface area contributed by atoms with Crippen molar-refractivity contribution in [3.8, 4) is 0 Å². The monoisotopic (exact) mass is 272 g/mol. The molecule has 2 unspecified atom stereocenters. The SMILES string of the molecule is CCC1CN(c2cccc(C(F)(F)F)c2)C(C)CN1. The Morgan fingerprint density at radius 3 is 2.74 bits per heavy atom. The minimum atomic E-state index is -4.28. The molecule has 1 fully saturated rings. The van der Waals surface area contributed by atoms with Crippen molar-refractivity contribution < 1.29 is 13.2 Å². The summed E-state index contributed by atoms with van der Waals surface area (Å²) < 4.78 is 38.2. The van der Waals surface area contributed by atoms with Crippen molar-refractivity contribution in [1.82, 2.24) is 5.32 Å². The minimum absolute atomic E-state index is 0.200. The van der Waals surface area contributed by atoms with Gasteiger partial charge in [0.05, 0.1) is 5.56 Å². The van der Waals surface area contributed by atoms with Gasteiger partial charge < -0.3 is 10.2 Å². The maximum Gasteiger partial charge on any atom is 0.416 e. The first-order valence-corrected chi connectivity index (χ1v) is 6.59. The van der Waals surface area contributed by atoms with Crippen molar-refractivity contribution in [2.75, 3.05) is 18.0 Å². The van der Waals surface area contributed by atoms with Crippen molar-refractivity contribution in [3.05, 3.63) is 29.8 Å². The van der Waals surface area contributed by atoms with E-state index in [0.29, 0.717) is 11.7 Å². The van der Waals surface area contributed by atoms with Crippen LogP contribution in [0.2, 0.25) is 0 Å². The Morgan fingerprint density at radius 1 is 1.37 bits per heavy atom. The molecule has 0 amide bonds. The molecule has 1 heterocycles. The largest absolute Gasteiger partial charge is 0.416 e. The highest BCUT2D eigenvalue weighted by Crippen LogP contribution is 2.32. The average molecular weight is 272 g/mol. The van der Waals surface area contributed by atoms with E-state index < -0.39 is 11.7 Å². The molecule has 19 heavy (non-hydrogen) atoms. The summed E-state index contributed by atoms with van der Waals surface area (Å²) in [5, 5.41) is 3.40. The number of halogens is 3. The quantitative estimate of drug-likeness (QED) is 0.888. The van der Waals surface area contributed by atoms with Gasteiger partial charge in [-0.1, -0.05) is 13.0 Å². The number of hydrogen-bond acceptors (Lipinski definition) is 2. The lowest BCUT2D eigenvalue weighted by Gasteiger charge is -2.40. The van der Waals surface area contributed by atoms with E-state index in [1.807, 2.05) is 6.92 Å². The normalized spacial score (nSPS) is 24.6. The van der Waals surface area contributed by atoms with Gasteiger partial charge in [-0.2, -0.15) is 13.2 Å². The number of nitrogens with one attached hydrogen (secondary N) is 1. The molecule has 106 valence electrons. The number of alkyl halides is 3. The van der Waals surface area contributed by atoms with Crippen LogP contribution in [0.5, 0.6) is 0 Å². The first-order valence-electron chi connectivity index (χ1n) is 6.59. The van der Waals surface area contributed by atoms with Crippen LogP contribution in [0.15, 0.2) is 24.3 Å². The number of anilines is 1. The van der Waals surface area contributed by atoms with E-state index in [1.54, 1.807) is 6.07 Å². The fourth-order valence-electron chi connectivity index (χ4n) is 2.42. The highest BCUT2D eigenvalue weighted by molar-refractivity contribution is 5.50. The molecule has 1 aliphatic rings. The standard InChI is InChI=1S/C14H19F3N2/c1-3-12-9-19(10(2)8-18-12)13-6-4-5-11(7-13)14(15,16)17/h4-7,10,12,18H,3,8-9H2,1-2H3. The lowest BCUT2D eigenvalue weighted by molar-refractivity contribution is -0.137. The number of rotatable bonds is 2. The van der Waals surface area contributed by atoms with E-state index >= 15 is 0 Å². The maximum atomic E-state index is 12.7. The van der Waals surface area contributed by atoms with Crippen LogP contribution >= 0.6 is 0 Å². The molecule has 0 saturated carbocycles. The summed E-state index contributed by atoms with van der Waals surface area (Å²) in [5.41, 5.74) is 0.0751. The van der Waals surface area contributed by atoms with Gasteiger partial charge in [-0.3, -0.25) is 0 Å². The first kappa shape index (κ1) is 14.2. The Morgan fingerprint density at radius 2 is 2.11 bits per heavy atom. The Bertz CT molecular complexity index is 431. The zero-order chi connectivity index (χ0) is 14.0. The fraction of sp³-hybridized carbons (Fsp3) is 0.571. The van der Waals surface area contributed by atoms with Crippen molar-refractivity contribution in [2.45, 2.75) is 38.5 Å². The molecule has 1 saturated heterocycles. The van der Waals surface area contributed by atoms with Crippen molar-refractivity contribution in [2.24, 2.45) is 0 Å². The molecule has 1 aromatic rings. The van der Waals surface area contributed by atoms with Crippen LogP contribution in [-0.4, -0.2) is 25.2 Å².